The fraction of sp³-hybridized carbons (Fsp3) is 0.263. The van der Waals surface area contributed by atoms with Crippen molar-refractivity contribution in [2.45, 2.75) is 6.92 Å². The van der Waals surface area contributed by atoms with Gasteiger partial charge in [-0.3, -0.25) is 4.79 Å². The van der Waals surface area contributed by atoms with Gasteiger partial charge < -0.3 is 19.4 Å². The van der Waals surface area contributed by atoms with Crippen LogP contribution in [0.1, 0.15) is 16.1 Å². The van der Waals surface area contributed by atoms with Gasteiger partial charge in [-0.2, -0.15) is 0 Å². The highest BCUT2D eigenvalue weighted by Gasteiger charge is 2.19. The van der Waals surface area contributed by atoms with E-state index in [0.29, 0.717) is 35.4 Å². The first-order valence-electron chi connectivity index (χ1n) is 8.40. The Hall–Kier alpha value is -2.93. The molecule has 1 fully saturated rings. The topological polar surface area (TPSA) is 67.6 Å². The third kappa shape index (κ3) is 3.13. The molecule has 1 aromatic carbocycles. The molecule has 1 saturated heterocycles. The minimum atomic E-state index is -0.389. The fourth-order valence-corrected chi connectivity index (χ4v) is 3.04. The lowest BCUT2D eigenvalue weighted by molar-refractivity contribution is 0.0998. The van der Waals surface area contributed by atoms with Crippen LogP contribution in [0, 0.1) is 12.7 Å². The van der Waals surface area contributed by atoms with Gasteiger partial charge in [0.05, 0.1) is 25.1 Å². The molecule has 0 unspecified atom stereocenters. The number of morpholine rings is 1. The van der Waals surface area contributed by atoms with E-state index in [1.807, 2.05) is 6.07 Å². The second kappa shape index (κ2) is 6.76. The highest BCUT2D eigenvalue weighted by Crippen LogP contribution is 2.26. The van der Waals surface area contributed by atoms with E-state index in [2.05, 4.69) is 15.2 Å². The Bertz CT molecular complexity index is 947. The maximum absolute atomic E-state index is 13.4. The number of carbonyl (C=O) groups excluding carboxylic acids is 1. The number of hydrogen-bond acceptors (Lipinski definition) is 5. The summed E-state index contributed by atoms with van der Waals surface area (Å²) in [5, 5.41) is 3.37. The number of carbonyl (C=O) groups is 1. The van der Waals surface area contributed by atoms with Crippen LogP contribution in [-0.2, 0) is 4.74 Å². The first-order chi connectivity index (χ1) is 12.6. The van der Waals surface area contributed by atoms with E-state index in [4.69, 9.17) is 9.15 Å². The Morgan fingerprint density at radius 1 is 1.23 bits per heavy atom. The molecule has 0 bridgehead atoms. The number of rotatable bonds is 3. The first-order valence-corrected chi connectivity index (χ1v) is 8.40. The monoisotopic (exact) mass is 355 g/mol. The lowest BCUT2D eigenvalue weighted by Crippen LogP contribution is -2.36. The Labute approximate surface area is 149 Å². The number of aromatic nitrogens is 1. The molecule has 0 aliphatic carbocycles. The van der Waals surface area contributed by atoms with E-state index in [1.165, 1.54) is 18.2 Å². The molecule has 3 aromatic rings. The minimum absolute atomic E-state index is 0.169. The van der Waals surface area contributed by atoms with Crippen molar-refractivity contribution in [1.29, 1.82) is 0 Å². The van der Waals surface area contributed by atoms with Crippen LogP contribution in [0.5, 0.6) is 0 Å². The summed E-state index contributed by atoms with van der Waals surface area (Å²) in [6.07, 6.45) is 1.61. The molecule has 1 aliphatic heterocycles. The smallest absolute Gasteiger partial charge is 0.291 e. The number of nitrogens with zero attached hydrogens (tertiary/aromatic N) is 2. The number of ether oxygens (including phenoxy) is 1. The molecule has 7 heteroatoms. The molecule has 1 amide bonds. The standard InChI is InChI=1S/C19H18FN3O3/c1-12-15-10-13(20)2-4-16(15)26-18(12)19(24)22-14-3-5-17(21-11-14)23-6-8-25-9-7-23/h2-5,10-11H,6-9H2,1H3,(H,22,24). The van der Waals surface area contributed by atoms with Crippen molar-refractivity contribution in [2.75, 3.05) is 36.5 Å². The third-order valence-corrected chi connectivity index (χ3v) is 4.45. The Morgan fingerprint density at radius 2 is 2.04 bits per heavy atom. The summed E-state index contributed by atoms with van der Waals surface area (Å²) in [5.41, 5.74) is 1.66. The molecular formula is C19H18FN3O3. The summed E-state index contributed by atoms with van der Waals surface area (Å²) in [5.74, 6) is 0.265. The van der Waals surface area contributed by atoms with Crippen molar-refractivity contribution in [2.24, 2.45) is 0 Å². The van der Waals surface area contributed by atoms with Gasteiger partial charge in [0.25, 0.3) is 5.91 Å². The van der Waals surface area contributed by atoms with Crippen LogP contribution in [0.15, 0.2) is 40.9 Å². The Balaban J connectivity index is 1.52. The Morgan fingerprint density at radius 3 is 2.77 bits per heavy atom. The maximum atomic E-state index is 13.4. The molecule has 0 radical (unpaired) electrons. The second-order valence-electron chi connectivity index (χ2n) is 6.16. The highest BCUT2D eigenvalue weighted by molar-refractivity contribution is 6.06. The summed E-state index contributed by atoms with van der Waals surface area (Å²) >= 11 is 0. The molecule has 0 saturated carbocycles. The zero-order valence-corrected chi connectivity index (χ0v) is 14.3. The highest BCUT2D eigenvalue weighted by atomic mass is 19.1. The van der Waals surface area contributed by atoms with Crippen molar-refractivity contribution in [1.82, 2.24) is 4.98 Å². The number of anilines is 2. The number of benzene rings is 1. The predicted molar refractivity (Wildman–Crippen MR) is 96.1 cm³/mol. The van der Waals surface area contributed by atoms with Gasteiger partial charge in [0.15, 0.2) is 5.76 Å². The van der Waals surface area contributed by atoms with E-state index < -0.39 is 0 Å². The quantitative estimate of drug-likeness (QED) is 0.780. The molecule has 0 atom stereocenters. The van der Waals surface area contributed by atoms with Gasteiger partial charge in [-0.05, 0) is 37.3 Å². The number of amides is 1. The zero-order valence-electron chi connectivity index (χ0n) is 14.3. The van der Waals surface area contributed by atoms with Crippen molar-refractivity contribution in [3.63, 3.8) is 0 Å². The van der Waals surface area contributed by atoms with Gasteiger partial charge in [-0.25, -0.2) is 9.37 Å². The summed E-state index contributed by atoms with van der Waals surface area (Å²) in [6, 6.07) is 7.85. The van der Waals surface area contributed by atoms with E-state index in [1.54, 1.807) is 19.2 Å². The molecule has 3 heterocycles. The molecule has 6 nitrogen and oxygen atoms in total. The molecule has 2 aromatic heterocycles. The first kappa shape index (κ1) is 16.5. The van der Waals surface area contributed by atoms with Gasteiger partial charge in [0, 0.05) is 24.0 Å². The van der Waals surface area contributed by atoms with Crippen LogP contribution in [0.2, 0.25) is 0 Å². The molecular weight excluding hydrogens is 337 g/mol. The van der Waals surface area contributed by atoms with Crippen LogP contribution in [0.3, 0.4) is 0 Å². The summed E-state index contributed by atoms with van der Waals surface area (Å²) in [7, 11) is 0. The number of fused-ring (bicyclic) bond motifs is 1. The van der Waals surface area contributed by atoms with Crippen molar-refractivity contribution in [3.05, 3.63) is 53.7 Å². The largest absolute Gasteiger partial charge is 0.451 e. The van der Waals surface area contributed by atoms with Crippen LogP contribution < -0.4 is 10.2 Å². The number of hydrogen-bond donors (Lipinski definition) is 1. The van der Waals surface area contributed by atoms with Gasteiger partial charge in [0.1, 0.15) is 17.2 Å². The van der Waals surface area contributed by atoms with Gasteiger partial charge in [-0.15, -0.1) is 0 Å². The van der Waals surface area contributed by atoms with Crippen LogP contribution in [0.4, 0.5) is 15.9 Å². The van der Waals surface area contributed by atoms with Crippen LogP contribution in [0.25, 0.3) is 11.0 Å². The van der Waals surface area contributed by atoms with Crippen LogP contribution in [-0.4, -0.2) is 37.2 Å². The lowest BCUT2D eigenvalue weighted by atomic mass is 10.1. The predicted octanol–water partition coefficient (Wildman–Crippen LogP) is 3.36. The normalized spacial score (nSPS) is 14.6. The third-order valence-electron chi connectivity index (χ3n) is 4.45. The molecule has 26 heavy (non-hydrogen) atoms. The van der Waals surface area contributed by atoms with Gasteiger partial charge in [-0.1, -0.05) is 0 Å². The van der Waals surface area contributed by atoms with Crippen molar-refractivity contribution < 1.29 is 18.3 Å². The maximum Gasteiger partial charge on any atom is 0.291 e. The molecule has 134 valence electrons. The van der Waals surface area contributed by atoms with Crippen molar-refractivity contribution >= 4 is 28.4 Å². The van der Waals surface area contributed by atoms with Gasteiger partial charge >= 0.3 is 0 Å². The van der Waals surface area contributed by atoms with Crippen LogP contribution >= 0.6 is 0 Å². The zero-order chi connectivity index (χ0) is 18.1. The second-order valence-corrected chi connectivity index (χ2v) is 6.16. The molecule has 4 rings (SSSR count). The summed E-state index contributed by atoms with van der Waals surface area (Å²) in [4.78, 5) is 19.1. The molecule has 1 N–H and O–H groups in total. The molecule has 0 spiro atoms. The average molecular weight is 355 g/mol. The molecule has 1 aliphatic rings. The lowest BCUT2D eigenvalue weighted by Gasteiger charge is -2.27. The van der Waals surface area contributed by atoms with E-state index >= 15 is 0 Å². The fourth-order valence-electron chi connectivity index (χ4n) is 3.04. The number of pyridine rings is 1. The SMILES string of the molecule is Cc1c(C(=O)Nc2ccc(N3CCOCC3)nc2)oc2ccc(F)cc12. The van der Waals surface area contributed by atoms with Crippen molar-refractivity contribution in [3.8, 4) is 0 Å². The van der Waals surface area contributed by atoms with E-state index in [0.717, 1.165) is 18.9 Å². The summed E-state index contributed by atoms with van der Waals surface area (Å²) < 4.78 is 24.3. The minimum Gasteiger partial charge on any atom is -0.451 e. The number of furan rings is 1. The van der Waals surface area contributed by atoms with E-state index in [-0.39, 0.29) is 17.5 Å². The Kier molecular flexibility index (Phi) is 4.30. The number of aryl methyl sites for hydroxylation is 1. The summed E-state index contributed by atoms with van der Waals surface area (Å²) in [6.45, 7) is 4.71. The van der Waals surface area contributed by atoms with Gasteiger partial charge in [0.2, 0.25) is 0 Å². The number of halogens is 1. The number of nitrogens with one attached hydrogen (secondary N) is 1. The van der Waals surface area contributed by atoms with E-state index in [9.17, 15) is 9.18 Å². The average Bonchev–Trinajstić information content (AvgIpc) is 2.99.